The minimum absolute atomic E-state index is 0.389. The van der Waals surface area contributed by atoms with Crippen molar-refractivity contribution in [1.29, 1.82) is 0 Å². The van der Waals surface area contributed by atoms with Crippen LogP contribution >= 0.6 is 0 Å². The lowest BCUT2D eigenvalue weighted by Crippen LogP contribution is -2.38. The Labute approximate surface area is 95.1 Å². The van der Waals surface area contributed by atoms with Gasteiger partial charge in [-0.2, -0.15) is 0 Å². The number of hydrogen-bond acceptors (Lipinski definition) is 5. The fourth-order valence-electron chi connectivity index (χ4n) is 2.11. The number of aromatic nitrogens is 2. The predicted molar refractivity (Wildman–Crippen MR) is 63.0 cm³/mol. The third kappa shape index (κ3) is 2.82. The number of aliphatic hydroxyl groups is 1. The summed E-state index contributed by atoms with van der Waals surface area (Å²) in [6, 6.07) is 0. The molecule has 1 aromatic heterocycles. The first-order valence-electron chi connectivity index (χ1n) is 5.72. The summed E-state index contributed by atoms with van der Waals surface area (Å²) in [5.41, 5.74) is 4.93. The number of hydrogen-bond donors (Lipinski definition) is 3. The van der Waals surface area contributed by atoms with Gasteiger partial charge in [-0.3, -0.25) is 4.98 Å². The molecule has 0 aliphatic heterocycles. The van der Waals surface area contributed by atoms with Gasteiger partial charge < -0.3 is 16.2 Å². The maximum atomic E-state index is 10.3. The molecule has 0 unspecified atom stereocenters. The standard InChI is InChI=1S/C11H18N4O/c12-9-6-13-7-10(15-9)14-8-11(16)4-2-1-3-5-11/h6-7,16H,1-5,8H2,(H3,12,14,15). The number of nitrogen functional groups attached to an aromatic ring is 1. The van der Waals surface area contributed by atoms with E-state index in [1.165, 1.54) is 12.6 Å². The summed E-state index contributed by atoms with van der Waals surface area (Å²) in [5, 5.41) is 13.4. The molecule has 0 radical (unpaired) electrons. The Morgan fingerprint density at radius 1 is 1.31 bits per heavy atom. The van der Waals surface area contributed by atoms with Crippen LogP contribution in [0.3, 0.4) is 0 Å². The first-order chi connectivity index (χ1) is 7.68. The van der Waals surface area contributed by atoms with E-state index in [1.54, 1.807) is 6.20 Å². The number of rotatable bonds is 3. The zero-order valence-corrected chi connectivity index (χ0v) is 9.32. The molecule has 5 nitrogen and oxygen atoms in total. The molecule has 1 aliphatic carbocycles. The summed E-state index contributed by atoms with van der Waals surface area (Å²) >= 11 is 0. The molecule has 1 fully saturated rings. The van der Waals surface area contributed by atoms with E-state index in [1.807, 2.05) is 0 Å². The smallest absolute Gasteiger partial charge is 0.147 e. The van der Waals surface area contributed by atoms with Gasteiger partial charge in [0.05, 0.1) is 18.0 Å². The van der Waals surface area contributed by atoms with Gasteiger partial charge in [-0.15, -0.1) is 0 Å². The van der Waals surface area contributed by atoms with Crippen LogP contribution in [0.15, 0.2) is 12.4 Å². The number of nitrogens with two attached hydrogens (primary N) is 1. The predicted octanol–water partition coefficient (Wildman–Crippen LogP) is 1.17. The monoisotopic (exact) mass is 222 g/mol. The van der Waals surface area contributed by atoms with E-state index in [0.29, 0.717) is 18.2 Å². The summed E-state index contributed by atoms with van der Waals surface area (Å²) in [4.78, 5) is 8.02. The lowest BCUT2D eigenvalue weighted by atomic mass is 9.85. The highest BCUT2D eigenvalue weighted by atomic mass is 16.3. The number of nitrogens with zero attached hydrogens (tertiary/aromatic N) is 2. The van der Waals surface area contributed by atoms with Crippen LogP contribution in [0.25, 0.3) is 0 Å². The van der Waals surface area contributed by atoms with Crippen LogP contribution in [0.5, 0.6) is 0 Å². The van der Waals surface area contributed by atoms with Gasteiger partial charge in [0.2, 0.25) is 0 Å². The van der Waals surface area contributed by atoms with Crippen molar-refractivity contribution in [1.82, 2.24) is 9.97 Å². The van der Waals surface area contributed by atoms with Gasteiger partial charge in [0, 0.05) is 6.54 Å². The lowest BCUT2D eigenvalue weighted by molar-refractivity contribution is 0.0166. The minimum Gasteiger partial charge on any atom is -0.388 e. The van der Waals surface area contributed by atoms with Gasteiger partial charge in [0.25, 0.3) is 0 Å². The molecule has 2 rings (SSSR count). The zero-order chi connectivity index (χ0) is 11.4. The molecule has 0 aromatic carbocycles. The second-order valence-electron chi connectivity index (χ2n) is 4.47. The molecule has 4 N–H and O–H groups in total. The molecule has 16 heavy (non-hydrogen) atoms. The fraction of sp³-hybridized carbons (Fsp3) is 0.636. The van der Waals surface area contributed by atoms with E-state index in [9.17, 15) is 5.11 Å². The topological polar surface area (TPSA) is 84.1 Å². The summed E-state index contributed by atoms with van der Waals surface area (Å²) in [5.74, 6) is 1.01. The second kappa shape index (κ2) is 4.65. The maximum Gasteiger partial charge on any atom is 0.147 e. The lowest BCUT2D eigenvalue weighted by Gasteiger charge is -2.32. The molecule has 5 heteroatoms. The van der Waals surface area contributed by atoms with Gasteiger partial charge in [-0.05, 0) is 12.8 Å². The Morgan fingerprint density at radius 2 is 2.06 bits per heavy atom. The molecule has 0 bridgehead atoms. The van der Waals surface area contributed by atoms with Crippen molar-refractivity contribution < 1.29 is 5.11 Å². The third-order valence-corrected chi connectivity index (χ3v) is 3.04. The summed E-state index contributed by atoms with van der Waals surface area (Å²) in [6.45, 7) is 0.519. The van der Waals surface area contributed by atoms with E-state index in [2.05, 4.69) is 15.3 Å². The zero-order valence-electron chi connectivity index (χ0n) is 9.32. The average molecular weight is 222 g/mol. The Balaban J connectivity index is 1.91. The molecule has 0 atom stereocenters. The highest BCUT2D eigenvalue weighted by Crippen LogP contribution is 2.28. The molecule has 88 valence electrons. The van der Waals surface area contributed by atoms with Crippen LogP contribution in [0.1, 0.15) is 32.1 Å². The van der Waals surface area contributed by atoms with E-state index in [0.717, 1.165) is 25.7 Å². The van der Waals surface area contributed by atoms with Crippen LogP contribution in [-0.4, -0.2) is 27.2 Å². The molecule has 1 aliphatic rings. The van der Waals surface area contributed by atoms with E-state index >= 15 is 0 Å². The van der Waals surface area contributed by atoms with Crippen molar-refractivity contribution in [3.63, 3.8) is 0 Å². The van der Waals surface area contributed by atoms with Crippen molar-refractivity contribution >= 4 is 11.6 Å². The summed E-state index contributed by atoms with van der Waals surface area (Å²) in [6.07, 6.45) is 8.25. The second-order valence-corrected chi connectivity index (χ2v) is 4.47. The van der Waals surface area contributed by atoms with E-state index < -0.39 is 5.60 Å². The normalized spacial score (nSPS) is 19.3. The first kappa shape index (κ1) is 11.1. The van der Waals surface area contributed by atoms with Gasteiger partial charge >= 0.3 is 0 Å². The van der Waals surface area contributed by atoms with Crippen molar-refractivity contribution in [3.8, 4) is 0 Å². The molecule has 0 amide bonds. The van der Waals surface area contributed by atoms with Gasteiger partial charge in [0.1, 0.15) is 11.6 Å². The van der Waals surface area contributed by atoms with Gasteiger partial charge in [0.15, 0.2) is 0 Å². The van der Waals surface area contributed by atoms with Crippen LogP contribution in [0.4, 0.5) is 11.6 Å². The first-order valence-corrected chi connectivity index (χ1v) is 5.72. The fourth-order valence-corrected chi connectivity index (χ4v) is 2.11. The third-order valence-electron chi connectivity index (χ3n) is 3.04. The quantitative estimate of drug-likeness (QED) is 0.715. The Kier molecular flexibility index (Phi) is 3.24. The van der Waals surface area contributed by atoms with E-state index in [4.69, 9.17) is 5.73 Å². The Hall–Kier alpha value is -1.36. The van der Waals surface area contributed by atoms with E-state index in [-0.39, 0.29) is 0 Å². The maximum absolute atomic E-state index is 10.3. The molecule has 1 aromatic rings. The van der Waals surface area contributed by atoms with Crippen molar-refractivity contribution in [3.05, 3.63) is 12.4 Å². The van der Waals surface area contributed by atoms with Crippen LogP contribution in [-0.2, 0) is 0 Å². The number of anilines is 2. The molecular formula is C11H18N4O. The van der Waals surface area contributed by atoms with Gasteiger partial charge in [-0.25, -0.2) is 4.98 Å². The molecular weight excluding hydrogens is 204 g/mol. The molecule has 1 saturated carbocycles. The van der Waals surface area contributed by atoms with Crippen molar-refractivity contribution in [2.45, 2.75) is 37.7 Å². The Morgan fingerprint density at radius 3 is 2.75 bits per heavy atom. The Bertz CT molecular complexity index is 350. The number of nitrogens with one attached hydrogen (secondary N) is 1. The highest BCUT2D eigenvalue weighted by Gasteiger charge is 2.28. The summed E-state index contributed by atoms with van der Waals surface area (Å²) in [7, 11) is 0. The van der Waals surface area contributed by atoms with Gasteiger partial charge in [-0.1, -0.05) is 19.3 Å². The van der Waals surface area contributed by atoms with Crippen molar-refractivity contribution in [2.24, 2.45) is 0 Å². The molecule has 1 heterocycles. The minimum atomic E-state index is -0.593. The van der Waals surface area contributed by atoms with Crippen LogP contribution in [0.2, 0.25) is 0 Å². The average Bonchev–Trinajstić information content (AvgIpc) is 2.28. The molecule has 0 saturated heterocycles. The largest absolute Gasteiger partial charge is 0.388 e. The van der Waals surface area contributed by atoms with Crippen molar-refractivity contribution in [2.75, 3.05) is 17.6 Å². The highest BCUT2D eigenvalue weighted by molar-refractivity contribution is 5.38. The summed E-state index contributed by atoms with van der Waals surface area (Å²) < 4.78 is 0. The van der Waals surface area contributed by atoms with Crippen LogP contribution in [0, 0.1) is 0 Å². The SMILES string of the molecule is Nc1cncc(NCC2(O)CCCCC2)n1. The van der Waals surface area contributed by atoms with Crippen LogP contribution < -0.4 is 11.1 Å². The molecule has 0 spiro atoms.